The quantitative estimate of drug-likeness (QED) is 0.639. The van der Waals surface area contributed by atoms with Gasteiger partial charge < -0.3 is 20.9 Å². The summed E-state index contributed by atoms with van der Waals surface area (Å²) in [6.07, 6.45) is 4.02. The molecule has 0 saturated carbocycles. The molecular formula is C19H26ClN3O4. The van der Waals surface area contributed by atoms with Crippen molar-refractivity contribution in [2.75, 3.05) is 12.8 Å². The standard InChI is InChI=1S/C19H26ClN3O4/c1-3-16(19(25)26)23-11-4-5-12(23)7-10(6-11)22-18(24)13-8-14(20)15(21)9-17(13)27-2/h8-12,16H,3-7,21H2,1-2H3,(H,22,24)(H,25,26). The van der Waals surface area contributed by atoms with Crippen LogP contribution in [0.25, 0.3) is 0 Å². The van der Waals surface area contributed by atoms with Crippen molar-refractivity contribution in [3.8, 4) is 5.75 Å². The summed E-state index contributed by atoms with van der Waals surface area (Å²) in [5.41, 5.74) is 6.49. The number of hydrogen-bond acceptors (Lipinski definition) is 5. The van der Waals surface area contributed by atoms with E-state index in [-0.39, 0.29) is 24.0 Å². The number of nitrogen functional groups attached to an aromatic ring is 1. The number of amides is 1. The summed E-state index contributed by atoms with van der Waals surface area (Å²) in [5, 5.41) is 12.9. The van der Waals surface area contributed by atoms with Crippen LogP contribution in [-0.2, 0) is 4.79 Å². The summed E-state index contributed by atoms with van der Waals surface area (Å²) < 4.78 is 5.26. The molecule has 2 aliphatic heterocycles. The zero-order chi connectivity index (χ0) is 19.7. The van der Waals surface area contributed by atoms with Crippen LogP contribution in [0.5, 0.6) is 5.75 Å². The molecule has 7 nitrogen and oxygen atoms in total. The maximum absolute atomic E-state index is 12.8. The number of rotatable bonds is 6. The van der Waals surface area contributed by atoms with E-state index in [1.54, 1.807) is 6.07 Å². The Morgan fingerprint density at radius 3 is 2.52 bits per heavy atom. The molecule has 1 aromatic rings. The number of carboxylic acid groups (broad SMARTS) is 1. The Morgan fingerprint density at radius 1 is 1.37 bits per heavy atom. The minimum Gasteiger partial charge on any atom is -0.496 e. The highest BCUT2D eigenvalue weighted by atomic mass is 35.5. The molecule has 2 fully saturated rings. The van der Waals surface area contributed by atoms with E-state index < -0.39 is 12.0 Å². The molecule has 2 heterocycles. The van der Waals surface area contributed by atoms with Gasteiger partial charge in [-0.25, -0.2) is 0 Å². The Balaban J connectivity index is 1.71. The molecule has 2 bridgehead atoms. The van der Waals surface area contributed by atoms with Gasteiger partial charge in [-0.3, -0.25) is 14.5 Å². The van der Waals surface area contributed by atoms with Gasteiger partial charge in [0, 0.05) is 24.2 Å². The van der Waals surface area contributed by atoms with Crippen molar-refractivity contribution < 1.29 is 19.4 Å². The lowest BCUT2D eigenvalue weighted by atomic mass is 9.94. The predicted octanol–water partition coefficient (Wildman–Crippen LogP) is 2.52. The third-order valence-electron chi connectivity index (χ3n) is 5.72. The van der Waals surface area contributed by atoms with Crippen LogP contribution >= 0.6 is 11.6 Å². The third-order valence-corrected chi connectivity index (χ3v) is 6.05. The minimum absolute atomic E-state index is 0.00131. The molecule has 3 rings (SSSR count). The van der Waals surface area contributed by atoms with E-state index in [4.69, 9.17) is 22.1 Å². The number of nitrogens with zero attached hydrogens (tertiary/aromatic N) is 1. The molecule has 1 aromatic carbocycles. The fraction of sp³-hybridized carbons (Fsp3) is 0.579. The van der Waals surface area contributed by atoms with Gasteiger partial charge in [0.05, 0.1) is 23.4 Å². The molecule has 4 N–H and O–H groups in total. The number of hydrogen-bond donors (Lipinski definition) is 3. The molecule has 0 spiro atoms. The third kappa shape index (κ3) is 3.84. The number of ether oxygens (including phenoxy) is 1. The summed E-state index contributed by atoms with van der Waals surface area (Å²) in [6, 6.07) is 2.99. The lowest BCUT2D eigenvalue weighted by molar-refractivity contribution is -0.145. The molecule has 0 radical (unpaired) electrons. The van der Waals surface area contributed by atoms with E-state index in [2.05, 4.69) is 10.2 Å². The van der Waals surface area contributed by atoms with Crippen molar-refractivity contribution in [3.05, 3.63) is 22.7 Å². The number of aliphatic carboxylic acids is 1. The number of halogens is 1. The number of carboxylic acids is 1. The smallest absolute Gasteiger partial charge is 0.320 e. The molecule has 1 amide bonds. The summed E-state index contributed by atoms with van der Waals surface area (Å²) in [4.78, 5) is 26.5. The van der Waals surface area contributed by atoms with Crippen molar-refractivity contribution >= 4 is 29.2 Å². The normalized spacial score (nSPS) is 25.8. The lowest BCUT2D eigenvalue weighted by Crippen LogP contribution is -2.55. The topological polar surface area (TPSA) is 105 Å². The number of anilines is 1. The highest BCUT2D eigenvalue weighted by molar-refractivity contribution is 6.33. The maximum Gasteiger partial charge on any atom is 0.320 e. The minimum atomic E-state index is -0.766. The lowest BCUT2D eigenvalue weighted by Gasteiger charge is -2.42. The van der Waals surface area contributed by atoms with E-state index in [1.165, 1.54) is 13.2 Å². The molecule has 0 aliphatic carbocycles. The van der Waals surface area contributed by atoms with Gasteiger partial charge in [-0.05, 0) is 38.2 Å². The largest absolute Gasteiger partial charge is 0.496 e. The average Bonchev–Trinajstić information content (AvgIpc) is 2.87. The summed E-state index contributed by atoms with van der Waals surface area (Å²) >= 11 is 6.06. The number of nitrogens with two attached hydrogens (primary N) is 1. The van der Waals surface area contributed by atoms with Crippen molar-refractivity contribution in [3.63, 3.8) is 0 Å². The van der Waals surface area contributed by atoms with Gasteiger partial charge in [0.25, 0.3) is 5.91 Å². The molecule has 8 heteroatoms. The van der Waals surface area contributed by atoms with Crippen molar-refractivity contribution in [2.45, 2.75) is 63.2 Å². The van der Waals surface area contributed by atoms with Crippen LogP contribution < -0.4 is 15.8 Å². The molecule has 0 aromatic heterocycles. The molecule has 27 heavy (non-hydrogen) atoms. The first-order chi connectivity index (χ1) is 12.8. The monoisotopic (exact) mass is 395 g/mol. The number of methoxy groups -OCH3 is 1. The Morgan fingerprint density at radius 2 is 2.00 bits per heavy atom. The fourth-order valence-corrected chi connectivity index (χ4v) is 4.70. The molecular weight excluding hydrogens is 370 g/mol. The zero-order valence-corrected chi connectivity index (χ0v) is 16.3. The molecule has 3 unspecified atom stereocenters. The van der Waals surface area contributed by atoms with Gasteiger partial charge in [0.2, 0.25) is 0 Å². The summed E-state index contributed by atoms with van der Waals surface area (Å²) in [5.74, 6) is -0.637. The van der Waals surface area contributed by atoms with Gasteiger partial charge >= 0.3 is 5.97 Å². The first kappa shape index (κ1) is 19.8. The molecule has 2 aliphatic rings. The van der Waals surface area contributed by atoms with Crippen LogP contribution in [0.15, 0.2) is 12.1 Å². The van der Waals surface area contributed by atoms with Crippen LogP contribution in [0.3, 0.4) is 0 Å². The van der Waals surface area contributed by atoms with Crippen molar-refractivity contribution in [2.24, 2.45) is 0 Å². The van der Waals surface area contributed by atoms with Crippen LogP contribution in [-0.4, -0.2) is 53.2 Å². The van der Waals surface area contributed by atoms with Crippen LogP contribution in [0.4, 0.5) is 5.69 Å². The summed E-state index contributed by atoms with van der Waals surface area (Å²) in [6.45, 7) is 1.91. The summed E-state index contributed by atoms with van der Waals surface area (Å²) in [7, 11) is 1.48. The Kier molecular flexibility index (Phi) is 5.81. The second-order valence-electron chi connectivity index (χ2n) is 7.31. The van der Waals surface area contributed by atoms with Gasteiger partial charge in [-0.2, -0.15) is 0 Å². The Bertz CT molecular complexity index is 728. The van der Waals surface area contributed by atoms with E-state index in [0.29, 0.717) is 28.4 Å². The Labute approximate surface area is 163 Å². The second kappa shape index (κ2) is 7.94. The van der Waals surface area contributed by atoms with Crippen LogP contribution in [0.1, 0.15) is 49.4 Å². The van der Waals surface area contributed by atoms with Crippen molar-refractivity contribution in [1.29, 1.82) is 0 Å². The van der Waals surface area contributed by atoms with Gasteiger partial charge in [0.15, 0.2) is 0 Å². The molecule has 148 valence electrons. The fourth-order valence-electron chi connectivity index (χ4n) is 4.53. The number of fused-ring (bicyclic) bond motifs is 2. The highest BCUT2D eigenvalue weighted by Crippen LogP contribution is 2.38. The average molecular weight is 396 g/mol. The number of carbonyl (C=O) groups excluding carboxylic acids is 1. The first-order valence-corrected chi connectivity index (χ1v) is 9.67. The number of carbonyl (C=O) groups is 2. The zero-order valence-electron chi connectivity index (χ0n) is 15.6. The molecule has 2 saturated heterocycles. The predicted molar refractivity (Wildman–Crippen MR) is 103 cm³/mol. The van der Waals surface area contributed by atoms with E-state index >= 15 is 0 Å². The van der Waals surface area contributed by atoms with Crippen molar-refractivity contribution in [1.82, 2.24) is 10.2 Å². The SMILES string of the molecule is CCC(C(=O)O)N1C2CCC1CC(NC(=O)c1cc(Cl)c(N)cc1OC)C2. The van der Waals surface area contributed by atoms with Gasteiger partial charge in [-0.1, -0.05) is 18.5 Å². The van der Waals surface area contributed by atoms with E-state index in [0.717, 1.165) is 25.7 Å². The Hall–Kier alpha value is -1.99. The van der Waals surface area contributed by atoms with E-state index in [1.807, 2.05) is 6.92 Å². The van der Waals surface area contributed by atoms with Crippen LogP contribution in [0.2, 0.25) is 5.02 Å². The number of nitrogens with one attached hydrogen (secondary N) is 1. The van der Waals surface area contributed by atoms with Gasteiger partial charge in [-0.15, -0.1) is 0 Å². The second-order valence-corrected chi connectivity index (χ2v) is 7.72. The van der Waals surface area contributed by atoms with Crippen LogP contribution in [0, 0.1) is 0 Å². The van der Waals surface area contributed by atoms with Gasteiger partial charge in [0.1, 0.15) is 11.8 Å². The first-order valence-electron chi connectivity index (χ1n) is 9.29. The van der Waals surface area contributed by atoms with E-state index in [9.17, 15) is 14.7 Å². The maximum atomic E-state index is 12.8. The molecule has 3 atom stereocenters. The highest BCUT2D eigenvalue weighted by Gasteiger charge is 2.45. The number of piperidine rings is 1. The number of benzene rings is 1.